The Labute approximate surface area is 95.3 Å². The molecule has 1 aliphatic rings. The first-order valence-corrected chi connectivity index (χ1v) is 6.71. The smallest absolute Gasteiger partial charge is 0.00673 e. The third-order valence-corrected chi connectivity index (χ3v) is 3.52. The maximum Gasteiger partial charge on any atom is 0.00673 e. The third kappa shape index (κ3) is 5.36. The van der Waals surface area contributed by atoms with Gasteiger partial charge in [0.25, 0.3) is 0 Å². The Morgan fingerprint density at radius 2 is 1.93 bits per heavy atom. The largest absolute Gasteiger partial charge is 0.314 e. The molecule has 0 saturated heterocycles. The minimum Gasteiger partial charge on any atom is -0.314 e. The number of allylic oxidation sites excluding steroid dienone is 1. The quantitative estimate of drug-likeness (QED) is 0.517. The lowest BCUT2D eigenvalue weighted by molar-refractivity contribution is 0.280. The van der Waals surface area contributed by atoms with Crippen molar-refractivity contribution in [3.63, 3.8) is 0 Å². The third-order valence-electron chi connectivity index (χ3n) is 3.52. The number of hydrogen-bond acceptors (Lipinski definition) is 1. The molecular weight excluding hydrogens is 182 g/mol. The maximum atomic E-state index is 3.67. The van der Waals surface area contributed by atoms with Gasteiger partial charge in [0.1, 0.15) is 0 Å². The van der Waals surface area contributed by atoms with E-state index in [1.807, 2.05) is 0 Å². The lowest BCUT2D eigenvalue weighted by Crippen LogP contribution is -2.33. The van der Waals surface area contributed by atoms with Gasteiger partial charge in [-0.25, -0.2) is 0 Å². The zero-order valence-electron chi connectivity index (χ0n) is 10.5. The molecule has 0 atom stereocenters. The zero-order valence-corrected chi connectivity index (χ0v) is 10.5. The summed E-state index contributed by atoms with van der Waals surface area (Å²) >= 11 is 0. The van der Waals surface area contributed by atoms with Gasteiger partial charge < -0.3 is 5.32 Å². The zero-order chi connectivity index (χ0) is 10.9. The Kier molecular flexibility index (Phi) is 6.74. The summed E-state index contributed by atoms with van der Waals surface area (Å²) in [4.78, 5) is 0. The van der Waals surface area contributed by atoms with Crippen molar-refractivity contribution in [2.45, 2.75) is 64.8 Å². The van der Waals surface area contributed by atoms with Gasteiger partial charge >= 0.3 is 0 Å². The van der Waals surface area contributed by atoms with Crippen molar-refractivity contribution in [2.75, 3.05) is 6.54 Å². The van der Waals surface area contributed by atoms with E-state index in [9.17, 15) is 0 Å². The van der Waals surface area contributed by atoms with E-state index in [1.54, 1.807) is 0 Å². The molecule has 15 heavy (non-hydrogen) atoms. The molecule has 0 aromatic carbocycles. The van der Waals surface area contributed by atoms with E-state index in [2.05, 4.69) is 31.3 Å². The SMILES string of the molecule is C/C=C/CCNC1CCC(CCC)CC1. The van der Waals surface area contributed by atoms with Gasteiger partial charge in [-0.3, -0.25) is 0 Å². The van der Waals surface area contributed by atoms with Gasteiger partial charge in [0, 0.05) is 6.04 Å². The van der Waals surface area contributed by atoms with E-state index < -0.39 is 0 Å². The number of rotatable bonds is 6. The molecule has 1 aliphatic carbocycles. The molecule has 1 fully saturated rings. The van der Waals surface area contributed by atoms with Crippen LogP contribution in [0.2, 0.25) is 0 Å². The summed E-state index contributed by atoms with van der Waals surface area (Å²) in [5.41, 5.74) is 0. The Balaban J connectivity index is 2.04. The first-order chi connectivity index (χ1) is 7.36. The molecule has 0 aromatic rings. The Bertz CT molecular complexity index is 166. The summed E-state index contributed by atoms with van der Waals surface area (Å²) < 4.78 is 0. The van der Waals surface area contributed by atoms with Crippen LogP contribution in [-0.4, -0.2) is 12.6 Å². The molecule has 0 aromatic heterocycles. The monoisotopic (exact) mass is 209 g/mol. The van der Waals surface area contributed by atoms with Crippen molar-refractivity contribution in [3.8, 4) is 0 Å². The molecule has 0 aliphatic heterocycles. The van der Waals surface area contributed by atoms with Crippen LogP contribution in [0.4, 0.5) is 0 Å². The molecule has 1 heteroatoms. The second-order valence-electron chi connectivity index (χ2n) is 4.82. The molecule has 0 radical (unpaired) electrons. The highest BCUT2D eigenvalue weighted by molar-refractivity contribution is 4.81. The van der Waals surface area contributed by atoms with Gasteiger partial charge in [-0.05, 0) is 51.5 Å². The standard InChI is InChI=1S/C14H27N/c1-3-5-6-12-15-14-10-8-13(7-4-2)9-11-14/h3,5,13-15H,4,6-12H2,1-2H3/b5-3+. The lowest BCUT2D eigenvalue weighted by Gasteiger charge is -2.29. The summed E-state index contributed by atoms with van der Waals surface area (Å²) in [7, 11) is 0. The predicted octanol–water partition coefficient (Wildman–Crippen LogP) is 3.90. The molecule has 0 heterocycles. The molecule has 1 saturated carbocycles. The fourth-order valence-electron chi connectivity index (χ4n) is 2.60. The van der Waals surface area contributed by atoms with Crippen LogP contribution in [0.25, 0.3) is 0 Å². The van der Waals surface area contributed by atoms with Crippen molar-refractivity contribution in [1.29, 1.82) is 0 Å². The van der Waals surface area contributed by atoms with Gasteiger partial charge in [-0.15, -0.1) is 0 Å². The van der Waals surface area contributed by atoms with E-state index in [0.717, 1.165) is 18.5 Å². The van der Waals surface area contributed by atoms with E-state index in [1.165, 1.54) is 44.9 Å². The van der Waals surface area contributed by atoms with E-state index >= 15 is 0 Å². The average molecular weight is 209 g/mol. The summed E-state index contributed by atoms with van der Waals surface area (Å²) in [5.74, 6) is 1.03. The molecule has 0 bridgehead atoms. The second kappa shape index (κ2) is 7.92. The highest BCUT2D eigenvalue weighted by atomic mass is 14.9. The van der Waals surface area contributed by atoms with Gasteiger partial charge in [0.15, 0.2) is 0 Å². The molecule has 0 unspecified atom stereocenters. The summed E-state index contributed by atoms with van der Waals surface area (Å²) in [6.07, 6.45) is 14.1. The molecule has 0 amide bonds. The van der Waals surface area contributed by atoms with E-state index in [0.29, 0.717) is 0 Å². The van der Waals surface area contributed by atoms with E-state index in [-0.39, 0.29) is 0 Å². The van der Waals surface area contributed by atoms with Crippen LogP contribution >= 0.6 is 0 Å². The summed E-state index contributed by atoms with van der Waals surface area (Å²) in [6.45, 7) is 5.56. The van der Waals surface area contributed by atoms with Gasteiger partial charge in [0.05, 0.1) is 0 Å². The van der Waals surface area contributed by atoms with Gasteiger partial charge in [0.2, 0.25) is 0 Å². The van der Waals surface area contributed by atoms with E-state index in [4.69, 9.17) is 0 Å². The molecule has 0 spiro atoms. The van der Waals surface area contributed by atoms with Crippen molar-refractivity contribution in [3.05, 3.63) is 12.2 Å². The number of nitrogens with one attached hydrogen (secondary N) is 1. The van der Waals surface area contributed by atoms with Crippen LogP contribution in [-0.2, 0) is 0 Å². The lowest BCUT2D eigenvalue weighted by atomic mass is 9.83. The normalized spacial score (nSPS) is 27.3. The second-order valence-corrected chi connectivity index (χ2v) is 4.82. The fraction of sp³-hybridized carbons (Fsp3) is 0.857. The van der Waals surface area contributed by atoms with Gasteiger partial charge in [-0.1, -0.05) is 31.9 Å². The van der Waals surface area contributed by atoms with Crippen LogP contribution in [0.1, 0.15) is 58.8 Å². The molecule has 1 nitrogen and oxygen atoms in total. The first kappa shape index (κ1) is 12.8. The van der Waals surface area contributed by atoms with Crippen LogP contribution < -0.4 is 5.32 Å². The minimum atomic E-state index is 0.809. The summed E-state index contributed by atoms with van der Waals surface area (Å²) in [6, 6.07) is 0.809. The molecule has 1 rings (SSSR count). The Morgan fingerprint density at radius 3 is 2.53 bits per heavy atom. The van der Waals surface area contributed by atoms with Crippen LogP contribution in [0, 0.1) is 5.92 Å². The van der Waals surface area contributed by atoms with Crippen molar-refractivity contribution in [1.82, 2.24) is 5.32 Å². The highest BCUT2D eigenvalue weighted by Gasteiger charge is 2.19. The summed E-state index contributed by atoms with van der Waals surface area (Å²) in [5, 5.41) is 3.67. The highest BCUT2D eigenvalue weighted by Crippen LogP contribution is 2.27. The molecule has 1 N–H and O–H groups in total. The van der Waals surface area contributed by atoms with Crippen molar-refractivity contribution >= 4 is 0 Å². The molecule has 88 valence electrons. The predicted molar refractivity (Wildman–Crippen MR) is 68.1 cm³/mol. The van der Waals surface area contributed by atoms with Crippen molar-refractivity contribution < 1.29 is 0 Å². The topological polar surface area (TPSA) is 12.0 Å². The van der Waals surface area contributed by atoms with Crippen LogP contribution in [0.3, 0.4) is 0 Å². The van der Waals surface area contributed by atoms with Gasteiger partial charge in [-0.2, -0.15) is 0 Å². The maximum absolute atomic E-state index is 3.67. The first-order valence-electron chi connectivity index (χ1n) is 6.71. The Morgan fingerprint density at radius 1 is 1.20 bits per heavy atom. The minimum absolute atomic E-state index is 0.809. The Hall–Kier alpha value is -0.300. The average Bonchev–Trinajstić information content (AvgIpc) is 2.27. The van der Waals surface area contributed by atoms with Crippen LogP contribution in [0.15, 0.2) is 12.2 Å². The fourth-order valence-corrected chi connectivity index (χ4v) is 2.60. The van der Waals surface area contributed by atoms with Crippen LogP contribution in [0.5, 0.6) is 0 Å². The van der Waals surface area contributed by atoms with Crippen molar-refractivity contribution in [2.24, 2.45) is 5.92 Å². The molecular formula is C14H27N. The number of hydrogen-bond donors (Lipinski definition) is 1.